The lowest BCUT2D eigenvalue weighted by Crippen LogP contribution is -2.18. The third kappa shape index (κ3) is 2.07. The molecule has 1 heteroatoms. The van der Waals surface area contributed by atoms with E-state index in [1.165, 1.54) is 18.2 Å². The second kappa shape index (κ2) is 4.80. The van der Waals surface area contributed by atoms with Gasteiger partial charge in [0.15, 0.2) is 5.78 Å². The van der Waals surface area contributed by atoms with Crippen molar-refractivity contribution < 1.29 is 4.79 Å². The maximum absolute atomic E-state index is 12.9. The first-order valence-electron chi connectivity index (χ1n) is 7.21. The van der Waals surface area contributed by atoms with Crippen molar-refractivity contribution in [1.82, 2.24) is 0 Å². The summed E-state index contributed by atoms with van der Waals surface area (Å²) in [6, 6.07) is 12.4. The molecule has 0 spiro atoms. The predicted octanol–water partition coefficient (Wildman–Crippen LogP) is 4.77. The molecule has 0 bridgehead atoms. The van der Waals surface area contributed by atoms with Crippen LogP contribution in [-0.4, -0.2) is 5.78 Å². The molecule has 1 aliphatic carbocycles. The molecular formula is C18H20O. The topological polar surface area (TPSA) is 17.1 Å². The summed E-state index contributed by atoms with van der Waals surface area (Å²) in [5.41, 5.74) is 2.07. The Bertz CT molecular complexity index is 627. The Labute approximate surface area is 114 Å². The minimum atomic E-state index is 0.226. The summed E-state index contributed by atoms with van der Waals surface area (Å²) in [7, 11) is 0. The molecule has 1 fully saturated rings. The zero-order chi connectivity index (χ0) is 13.4. The third-order valence-corrected chi connectivity index (χ3v) is 4.58. The van der Waals surface area contributed by atoms with E-state index in [1.807, 2.05) is 12.1 Å². The van der Waals surface area contributed by atoms with Crippen LogP contribution in [0.4, 0.5) is 0 Å². The van der Waals surface area contributed by atoms with Gasteiger partial charge in [0.25, 0.3) is 0 Å². The smallest absolute Gasteiger partial charge is 0.167 e. The second-order valence-corrected chi connectivity index (χ2v) is 5.86. The highest BCUT2D eigenvalue weighted by Crippen LogP contribution is 2.36. The molecule has 3 rings (SSSR count). The summed E-state index contributed by atoms with van der Waals surface area (Å²) < 4.78 is 0. The van der Waals surface area contributed by atoms with E-state index in [1.54, 1.807) is 0 Å². The van der Waals surface area contributed by atoms with Gasteiger partial charge in [0.2, 0.25) is 0 Å². The van der Waals surface area contributed by atoms with Crippen molar-refractivity contribution in [3.8, 4) is 0 Å². The maximum Gasteiger partial charge on any atom is 0.167 e. The molecule has 0 heterocycles. The highest BCUT2D eigenvalue weighted by atomic mass is 16.1. The number of aryl methyl sites for hydroxylation is 1. The van der Waals surface area contributed by atoms with Gasteiger partial charge in [-0.25, -0.2) is 0 Å². The first-order valence-corrected chi connectivity index (χ1v) is 7.21. The van der Waals surface area contributed by atoms with Crippen LogP contribution < -0.4 is 0 Å². The van der Waals surface area contributed by atoms with Crippen molar-refractivity contribution in [2.24, 2.45) is 11.8 Å². The molecule has 1 saturated carbocycles. The number of hydrogen-bond acceptors (Lipinski definition) is 1. The molecule has 2 aromatic rings. The summed E-state index contributed by atoms with van der Waals surface area (Å²) in [5.74, 6) is 1.12. The van der Waals surface area contributed by atoms with Crippen LogP contribution in [0.5, 0.6) is 0 Å². The SMILES string of the molecule is Cc1ccc2ccccc2c1C(=O)C1CCCC1C. The largest absolute Gasteiger partial charge is 0.294 e. The lowest BCUT2D eigenvalue weighted by Gasteiger charge is -2.17. The van der Waals surface area contributed by atoms with Gasteiger partial charge in [0.05, 0.1) is 0 Å². The van der Waals surface area contributed by atoms with Gasteiger partial charge >= 0.3 is 0 Å². The quantitative estimate of drug-likeness (QED) is 0.704. The molecule has 0 N–H and O–H groups in total. The van der Waals surface area contributed by atoms with Crippen LogP contribution in [0.25, 0.3) is 10.8 Å². The van der Waals surface area contributed by atoms with Gasteiger partial charge in [0, 0.05) is 11.5 Å². The van der Waals surface area contributed by atoms with E-state index in [4.69, 9.17) is 0 Å². The molecule has 1 aliphatic rings. The molecule has 0 saturated heterocycles. The Kier molecular flexibility index (Phi) is 3.14. The van der Waals surface area contributed by atoms with Crippen LogP contribution in [0.15, 0.2) is 36.4 Å². The van der Waals surface area contributed by atoms with Crippen molar-refractivity contribution >= 4 is 16.6 Å². The number of carbonyl (C=O) groups excluding carboxylic acids is 1. The summed E-state index contributed by atoms with van der Waals surface area (Å²) >= 11 is 0. The number of rotatable bonds is 2. The van der Waals surface area contributed by atoms with Crippen LogP contribution >= 0.6 is 0 Å². The van der Waals surface area contributed by atoms with E-state index in [9.17, 15) is 4.79 Å². The van der Waals surface area contributed by atoms with Crippen LogP contribution in [0.1, 0.15) is 42.1 Å². The third-order valence-electron chi connectivity index (χ3n) is 4.58. The molecule has 0 aromatic heterocycles. The van der Waals surface area contributed by atoms with Gasteiger partial charge in [-0.1, -0.05) is 49.7 Å². The molecule has 0 radical (unpaired) electrons. The fourth-order valence-electron chi connectivity index (χ4n) is 3.43. The van der Waals surface area contributed by atoms with Crippen LogP contribution in [0.3, 0.4) is 0 Å². The summed E-state index contributed by atoms with van der Waals surface area (Å²) in [5, 5.41) is 2.29. The molecule has 1 nitrogen and oxygen atoms in total. The molecule has 2 aromatic carbocycles. The number of ketones is 1. The van der Waals surface area contributed by atoms with E-state index >= 15 is 0 Å². The Morgan fingerprint density at radius 3 is 2.63 bits per heavy atom. The van der Waals surface area contributed by atoms with Crippen molar-refractivity contribution in [1.29, 1.82) is 0 Å². The number of carbonyl (C=O) groups is 1. The normalized spacial score (nSPS) is 22.8. The highest BCUT2D eigenvalue weighted by Gasteiger charge is 2.31. The molecule has 0 amide bonds. The van der Waals surface area contributed by atoms with Crippen LogP contribution in [-0.2, 0) is 0 Å². The summed E-state index contributed by atoms with van der Waals surface area (Å²) in [4.78, 5) is 12.9. The number of hydrogen-bond donors (Lipinski definition) is 0. The monoisotopic (exact) mass is 252 g/mol. The zero-order valence-corrected chi connectivity index (χ0v) is 11.6. The lowest BCUT2D eigenvalue weighted by molar-refractivity contribution is 0.0898. The molecular weight excluding hydrogens is 232 g/mol. The van der Waals surface area contributed by atoms with Crippen molar-refractivity contribution in [3.63, 3.8) is 0 Å². The fourth-order valence-corrected chi connectivity index (χ4v) is 3.43. The molecule has 2 unspecified atom stereocenters. The Hall–Kier alpha value is -1.63. The van der Waals surface area contributed by atoms with Crippen molar-refractivity contribution in [2.75, 3.05) is 0 Å². The molecule has 19 heavy (non-hydrogen) atoms. The molecule has 98 valence electrons. The van der Waals surface area contributed by atoms with E-state index in [-0.39, 0.29) is 5.92 Å². The minimum Gasteiger partial charge on any atom is -0.294 e. The van der Waals surface area contributed by atoms with E-state index in [2.05, 4.69) is 38.1 Å². The second-order valence-electron chi connectivity index (χ2n) is 5.86. The number of Topliss-reactive ketones (excluding diaryl/α,β-unsaturated/α-hetero) is 1. The first-order chi connectivity index (χ1) is 9.18. The zero-order valence-electron chi connectivity index (χ0n) is 11.6. The lowest BCUT2D eigenvalue weighted by atomic mass is 9.85. The van der Waals surface area contributed by atoms with Gasteiger partial charge in [-0.2, -0.15) is 0 Å². The Morgan fingerprint density at radius 1 is 1.11 bits per heavy atom. The van der Waals surface area contributed by atoms with E-state index < -0.39 is 0 Å². The van der Waals surface area contributed by atoms with Gasteiger partial charge in [-0.05, 0) is 42.0 Å². The maximum atomic E-state index is 12.9. The van der Waals surface area contributed by atoms with Crippen molar-refractivity contribution in [3.05, 3.63) is 47.5 Å². The first kappa shape index (κ1) is 12.4. The fraction of sp³-hybridized carbons (Fsp3) is 0.389. The standard InChI is InChI=1S/C18H20O/c1-12-6-5-9-15(12)18(19)17-13(2)10-11-14-7-3-4-8-16(14)17/h3-4,7-8,10-12,15H,5-6,9H2,1-2H3. The average Bonchev–Trinajstić information content (AvgIpc) is 2.84. The van der Waals surface area contributed by atoms with Crippen LogP contribution in [0, 0.1) is 18.8 Å². The van der Waals surface area contributed by atoms with E-state index in [0.29, 0.717) is 11.7 Å². The van der Waals surface area contributed by atoms with Gasteiger partial charge < -0.3 is 0 Å². The molecule has 0 aliphatic heterocycles. The summed E-state index contributed by atoms with van der Waals surface area (Å²) in [6.07, 6.45) is 3.45. The highest BCUT2D eigenvalue weighted by molar-refractivity contribution is 6.10. The Balaban J connectivity index is 2.13. The van der Waals surface area contributed by atoms with Crippen molar-refractivity contribution in [2.45, 2.75) is 33.1 Å². The van der Waals surface area contributed by atoms with Crippen LogP contribution in [0.2, 0.25) is 0 Å². The average molecular weight is 252 g/mol. The van der Waals surface area contributed by atoms with Gasteiger partial charge in [-0.3, -0.25) is 4.79 Å². The van der Waals surface area contributed by atoms with E-state index in [0.717, 1.165) is 22.9 Å². The molecule has 2 atom stereocenters. The Morgan fingerprint density at radius 2 is 1.89 bits per heavy atom. The summed E-state index contributed by atoms with van der Waals surface area (Å²) in [6.45, 7) is 4.27. The van der Waals surface area contributed by atoms with Gasteiger partial charge in [0.1, 0.15) is 0 Å². The minimum absolute atomic E-state index is 0.226. The van der Waals surface area contributed by atoms with Gasteiger partial charge in [-0.15, -0.1) is 0 Å². The predicted molar refractivity (Wildman–Crippen MR) is 79.5 cm³/mol. The number of fused-ring (bicyclic) bond motifs is 1. The number of benzene rings is 2.